The lowest BCUT2D eigenvalue weighted by atomic mass is 9.98. The highest BCUT2D eigenvalue weighted by atomic mass is 19.4. The minimum atomic E-state index is -4.83. The molecule has 0 saturated heterocycles. The number of urea groups is 1. The van der Waals surface area contributed by atoms with Crippen molar-refractivity contribution in [1.82, 2.24) is 5.16 Å². The summed E-state index contributed by atoms with van der Waals surface area (Å²) < 4.78 is 46.4. The number of amides is 2. The molecule has 0 aliphatic rings. The van der Waals surface area contributed by atoms with Crippen molar-refractivity contribution >= 4 is 34.2 Å². The third-order valence-corrected chi connectivity index (χ3v) is 4.56. The number of hydrogen-bond acceptors (Lipinski definition) is 5. The van der Waals surface area contributed by atoms with Gasteiger partial charge in [-0.1, -0.05) is 35.5 Å². The van der Waals surface area contributed by atoms with E-state index in [4.69, 9.17) is 10.3 Å². The molecule has 0 radical (unpaired) electrons. The summed E-state index contributed by atoms with van der Waals surface area (Å²) in [7, 11) is 0. The van der Waals surface area contributed by atoms with Gasteiger partial charge in [-0.15, -0.1) is 13.2 Å². The Labute approximate surface area is 179 Å². The lowest BCUT2D eigenvalue weighted by Crippen LogP contribution is -2.20. The summed E-state index contributed by atoms with van der Waals surface area (Å²) in [6, 6.07) is 15.1. The summed E-state index contributed by atoms with van der Waals surface area (Å²) in [5.74, 6) is -0.228. The lowest BCUT2D eigenvalue weighted by Gasteiger charge is -2.14. The van der Waals surface area contributed by atoms with Crippen molar-refractivity contribution in [2.24, 2.45) is 0 Å². The second-order valence-corrected chi connectivity index (χ2v) is 6.95. The van der Waals surface area contributed by atoms with Crippen LogP contribution in [0.2, 0.25) is 0 Å². The van der Waals surface area contributed by atoms with Gasteiger partial charge < -0.3 is 25.6 Å². The second-order valence-electron chi connectivity index (χ2n) is 6.95. The maximum atomic E-state index is 12.6. The van der Waals surface area contributed by atoms with Gasteiger partial charge in [0, 0.05) is 17.3 Å². The van der Waals surface area contributed by atoms with Crippen molar-refractivity contribution in [3.63, 3.8) is 0 Å². The molecule has 2 amide bonds. The first kappa shape index (κ1) is 21.0. The number of halogens is 3. The topological polar surface area (TPSA) is 102 Å². The third-order valence-electron chi connectivity index (χ3n) is 4.56. The van der Waals surface area contributed by atoms with E-state index in [1.165, 1.54) is 12.1 Å². The molecule has 32 heavy (non-hydrogen) atoms. The summed E-state index contributed by atoms with van der Waals surface area (Å²) >= 11 is 0. The van der Waals surface area contributed by atoms with E-state index in [1.807, 2.05) is 25.1 Å². The van der Waals surface area contributed by atoms with Crippen LogP contribution in [-0.2, 0) is 0 Å². The Bertz CT molecular complexity index is 1300. The maximum absolute atomic E-state index is 12.6. The first-order valence-electron chi connectivity index (χ1n) is 9.38. The third kappa shape index (κ3) is 4.59. The molecule has 0 unspecified atom stereocenters. The number of carbonyl (C=O) groups is 1. The van der Waals surface area contributed by atoms with Gasteiger partial charge >= 0.3 is 12.4 Å². The van der Waals surface area contributed by atoms with Crippen LogP contribution < -0.4 is 21.1 Å². The van der Waals surface area contributed by atoms with E-state index in [9.17, 15) is 18.0 Å². The second kappa shape index (κ2) is 8.14. The molecule has 3 aromatic carbocycles. The first-order valence-corrected chi connectivity index (χ1v) is 9.38. The zero-order valence-corrected chi connectivity index (χ0v) is 16.7. The minimum absolute atomic E-state index is 0.129. The number of fused-ring (bicyclic) bond motifs is 1. The Morgan fingerprint density at radius 1 is 1.03 bits per heavy atom. The molecule has 0 aliphatic heterocycles. The van der Waals surface area contributed by atoms with Gasteiger partial charge in [0.15, 0.2) is 11.4 Å². The van der Waals surface area contributed by atoms with Crippen LogP contribution in [0.1, 0.15) is 5.56 Å². The normalized spacial score (nSPS) is 11.4. The van der Waals surface area contributed by atoms with Crippen LogP contribution in [0, 0.1) is 6.92 Å². The summed E-state index contributed by atoms with van der Waals surface area (Å²) in [4.78, 5) is 12.6. The number of hydrogen-bond donors (Lipinski definition) is 3. The molecule has 4 rings (SSSR count). The zero-order chi connectivity index (χ0) is 22.9. The monoisotopic (exact) mass is 442 g/mol. The molecule has 164 valence electrons. The van der Waals surface area contributed by atoms with Crippen LogP contribution in [0.25, 0.3) is 22.1 Å². The van der Waals surface area contributed by atoms with E-state index in [0.29, 0.717) is 27.8 Å². The molecule has 10 heteroatoms. The number of nitrogens with two attached hydrogens (primary N) is 1. The van der Waals surface area contributed by atoms with Gasteiger partial charge in [-0.3, -0.25) is 0 Å². The smallest absolute Gasteiger partial charge is 0.406 e. The predicted molar refractivity (Wildman–Crippen MR) is 114 cm³/mol. The van der Waals surface area contributed by atoms with Gasteiger partial charge in [-0.2, -0.15) is 0 Å². The number of rotatable bonds is 4. The van der Waals surface area contributed by atoms with E-state index < -0.39 is 18.1 Å². The molecule has 0 saturated carbocycles. The number of ether oxygens (including phenoxy) is 1. The summed E-state index contributed by atoms with van der Waals surface area (Å²) in [6.07, 6.45) is -4.83. The Balaban J connectivity index is 1.62. The molecule has 1 aromatic heterocycles. The summed E-state index contributed by atoms with van der Waals surface area (Å²) in [5, 5.41) is 9.64. The van der Waals surface area contributed by atoms with E-state index >= 15 is 0 Å². The highest BCUT2D eigenvalue weighted by Gasteiger charge is 2.31. The molecule has 7 nitrogen and oxygen atoms in total. The molecule has 0 aliphatic carbocycles. The van der Waals surface area contributed by atoms with Crippen molar-refractivity contribution < 1.29 is 27.2 Å². The Morgan fingerprint density at radius 2 is 1.81 bits per heavy atom. The quantitative estimate of drug-likeness (QED) is 0.364. The Morgan fingerprint density at radius 3 is 2.59 bits per heavy atom. The number of nitrogens with one attached hydrogen (secondary N) is 2. The maximum Gasteiger partial charge on any atom is 0.573 e. The number of aromatic nitrogens is 1. The van der Waals surface area contributed by atoms with Gasteiger partial charge in [-0.25, -0.2) is 4.79 Å². The number of anilines is 3. The van der Waals surface area contributed by atoms with Crippen LogP contribution in [0.4, 0.5) is 35.2 Å². The number of benzene rings is 3. The van der Waals surface area contributed by atoms with Crippen molar-refractivity contribution in [3.05, 3.63) is 66.2 Å². The van der Waals surface area contributed by atoms with Crippen LogP contribution in [0.3, 0.4) is 0 Å². The number of nitrogens with zero attached hydrogens (tertiary/aromatic N) is 1. The standard InChI is InChI=1S/C22H17F3N4O3/c1-12-8-9-15(16-6-3-7-18-19(16)20(26)29-32-18)17(10-12)28-21(30)27-13-4-2-5-14(11-13)31-22(23,24)25/h2-11H,1H3,(H2,26,29)(H2,27,28,30). The number of nitrogen functional groups attached to an aromatic ring is 1. The van der Waals surface area contributed by atoms with Crippen molar-refractivity contribution in [2.45, 2.75) is 13.3 Å². The van der Waals surface area contributed by atoms with Crippen molar-refractivity contribution in [1.29, 1.82) is 0 Å². The fraction of sp³-hybridized carbons (Fsp3) is 0.0909. The zero-order valence-electron chi connectivity index (χ0n) is 16.7. The van der Waals surface area contributed by atoms with E-state index in [0.717, 1.165) is 17.7 Å². The summed E-state index contributed by atoms with van der Waals surface area (Å²) in [6.45, 7) is 1.86. The average Bonchev–Trinajstić information content (AvgIpc) is 3.08. The lowest BCUT2D eigenvalue weighted by molar-refractivity contribution is -0.274. The SMILES string of the molecule is Cc1ccc(-c2cccc3onc(N)c23)c(NC(=O)Nc2cccc(OC(F)(F)F)c2)c1. The molecule has 0 spiro atoms. The number of aryl methyl sites for hydroxylation is 1. The molecule has 0 fully saturated rings. The van der Waals surface area contributed by atoms with Gasteiger partial charge in [0.25, 0.3) is 0 Å². The Hall–Kier alpha value is -4.21. The van der Waals surface area contributed by atoms with Gasteiger partial charge in [0.05, 0.1) is 11.1 Å². The largest absolute Gasteiger partial charge is 0.573 e. The fourth-order valence-electron chi connectivity index (χ4n) is 3.29. The number of alkyl halides is 3. The van der Waals surface area contributed by atoms with Crippen LogP contribution in [0.15, 0.2) is 65.2 Å². The van der Waals surface area contributed by atoms with Gasteiger partial charge in [0.2, 0.25) is 0 Å². The highest BCUT2D eigenvalue weighted by Crippen LogP contribution is 2.37. The van der Waals surface area contributed by atoms with Gasteiger partial charge in [0.1, 0.15) is 5.75 Å². The first-order chi connectivity index (χ1) is 15.2. The fourth-order valence-corrected chi connectivity index (χ4v) is 3.29. The predicted octanol–water partition coefficient (Wildman–Crippen LogP) is 5.93. The molecule has 0 atom stereocenters. The van der Waals surface area contributed by atoms with E-state index in [-0.39, 0.29) is 11.5 Å². The van der Waals surface area contributed by atoms with E-state index in [2.05, 4.69) is 20.5 Å². The van der Waals surface area contributed by atoms with Crippen LogP contribution >= 0.6 is 0 Å². The molecule has 0 bridgehead atoms. The van der Waals surface area contributed by atoms with Crippen LogP contribution in [0.5, 0.6) is 5.75 Å². The van der Waals surface area contributed by atoms with Crippen molar-refractivity contribution in [3.8, 4) is 16.9 Å². The van der Waals surface area contributed by atoms with Crippen LogP contribution in [-0.4, -0.2) is 17.6 Å². The van der Waals surface area contributed by atoms with Gasteiger partial charge in [-0.05, 0) is 42.3 Å². The van der Waals surface area contributed by atoms with Crippen molar-refractivity contribution in [2.75, 3.05) is 16.4 Å². The summed E-state index contributed by atoms with van der Waals surface area (Å²) in [5.41, 5.74) is 9.31. The van der Waals surface area contributed by atoms with E-state index in [1.54, 1.807) is 18.2 Å². The molecular formula is C22H17F3N4O3. The Kier molecular flexibility index (Phi) is 5.35. The molecular weight excluding hydrogens is 425 g/mol. The molecule has 1 heterocycles. The average molecular weight is 442 g/mol. The number of carbonyl (C=O) groups excluding carboxylic acids is 1. The minimum Gasteiger partial charge on any atom is -0.406 e. The highest BCUT2D eigenvalue weighted by molar-refractivity contribution is 6.07. The molecule has 4 N–H and O–H groups in total. The molecule has 4 aromatic rings.